The molecule has 0 aromatic heterocycles. The van der Waals surface area contributed by atoms with E-state index in [0.717, 1.165) is 4.90 Å². The molecule has 0 saturated carbocycles. The Morgan fingerprint density at radius 3 is 2.35 bits per heavy atom. The van der Waals surface area contributed by atoms with Crippen molar-refractivity contribution in [3.05, 3.63) is 30.3 Å². The third-order valence-corrected chi connectivity index (χ3v) is 4.33. The first-order chi connectivity index (χ1) is 12.3. The topological polar surface area (TPSA) is 159 Å². The second kappa shape index (κ2) is 11.1. The summed E-state index contributed by atoms with van der Waals surface area (Å²) in [4.78, 5) is 46.2. The molecule has 0 saturated heterocycles. The Kier molecular flexibility index (Phi) is 9.17. The molecule has 0 fully saturated rings. The zero-order chi connectivity index (χ0) is 19.5. The lowest BCUT2D eigenvalue weighted by atomic mass is 10.1. The van der Waals surface area contributed by atoms with Gasteiger partial charge in [0.2, 0.25) is 11.8 Å². The van der Waals surface area contributed by atoms with Crippen LogP contribution >= 0.6 is 11.8 Å². The Labute approximate surface area is 154 Å². The normalized spacial score (nSPS) is 12.7. The van der Waals surface area contributed by atoms with Crippen molar-refractivity contribution in [1.29, 1.82) is 0 Å². The van der Waals surface area contributed by atoms with Gasteiger partial charge in [0.25, 0.3) is 0 Å². The predicted octanol–water partition coefficient (Wildman–Crippen LogP) is -0.344. The summed E-state index contributed by atoms with van der Waals surface area (Å²) in [7, 11) is 0. The van der Waals surface area contributed by atoms with Gasteiger partial charge in [-0.05, 0) is 18.6 Å². The maximum atomic E-state index is 12.1. The third-order valence-electron chi connectivity index (χ3n) is 3.23. The van der Waals surface area contributed by atoms with Crippen LogP contribution in [0.4, 0.5) is 0 Å². The third kappa shape index (κ3) is 8.49. The van der Waals surface area contributed by atoms with Gasteiger partial charge in [-0.3, -0.25) is 19.2 Å². The van der Waals surface area contributed by atoms with Crippen LogP contribution in [0.5, 0.6) is 0 Å². The van der Waals surface area contributed by atoms with E-state index >= 15 is 0 Å². The minimum Gasteiger partial charge on any atom is -0.480 e. The van der Waals surface area contributed by atoms with E-state index < -0.39 is 42.4 Å². The minimum atomic E-state index is -1.21. The Morgan fingerprint density at radius 2 is 1.77 bits per heavy atom. The molecule has 0 spiro atoms. The molecule has 6 N–H and O–H groups in total. The lowest BCUT2D eigenvalue weighted by molar-refractivity contribution is -0.139. The number of hydrogen-bond donors (Lipinski definition) is 5. The van der Waals surface area contributed by atoms with E-state index in [1.807, 2.05) is 30.3 Å². The van der Waals surface area contributed by atoms with Crippen molar-refractivity contribution in [2.75, 3.05) is 12.3 Å². The van der Waals surface area contributed by atoms with Crippen molar-refractivity contribution in [2.24, 2.45) is 5.73 Å². The van der Waals surface area contributed by atoms with Crippen LogP contribution in [0.25, 0.3) is 0 Å². The van der Waals surface area contributed by atoms with Crippen LogP contribution in [0.1, 0.15) is 12.8 Å². The Bertz CT molecular complexity index is 640. The van der Waals surface area contributed by atoms with Gasteiger partial charge in [0.05, 0.1) is 0 Å². The smallest absolute Gasteiger partial charge is 0.322 e. The molecule has 9 nitrogen and oxygen atoms in total. The Balaban J connectivity index is 2.63. The van der Waals surface area contributed by atoms with E-state index in [2.05, 4.69) is 10.6 Å². The van der Waals surface area contributed by atoms with Crippen molar-refractivity contribution >= 4 is 35.5 Å². The highest BCUT2D eigenvalue weighted by Crippen LogP contribution is 2.18. The number of hydrogen-bond acceptors (Lipinski definition) is 6. The first kappa shape index (κ1) is 21.5. The van der Waals surface area contributed by atoms with Gasteiger partial charge >= 0.3 is 11.9 Å². The summed E-state index contributed by atoms with van der Waals surface area (Å²) >= 11 is 1.32. The van der Waals surface area contributed by atoms with Gasteiger partial charge in [-0.25, -0.2) is 0 Å². The van der Waals surface area contributed by atoms with Gasteiger partial charge in [0, 0.05) is 17.1 Å². The van der Waals surface area contributed by atoms with Crippen LogP contribution in [0.15, 0.2) is 35.2 Å². The molecule has 0 aliphatic rings. The molecule has 2 atom stereocenters. The number of benzene rings is 1. The predicted molar refractivity (Wildman–Crippen MR) is 94.6 cm³/mol. The molecule has 0 aliphatic carbocycles. The first-order valence-corrected chi connectivity index (χ1v) is 8.73. The van der Waals surface area contributed by atoms with Crippen LogP contribution in [-0.4, -0.2) is 58.3 Å². The summed E-state index contributed by atoms with van der Waals surface area (Å²) in [5, 5.41) is 22.1. The molecule has 1 rings (SSSR count). The maximum absolute atomic E-state index is 12.1. The standard InChI is InChI=1S/C16H21N3O6S/c17-11(16(24)25)6-7-13(20)19-12(15(23)18-8-14(21)22)9-26-10-4-2-1-3-5-10/h1-5,11-12H,6-9,17H2,(H,18,23)(H,19,20)(H,21,22)(H,24,25). The van der Waals surface area contributed by atoms with Crippen LogP contribution in [0, 0.1) is 0 Å². The van der Waals surface area contributed by atoms with Gasteiger partial charge in [-0.15, -0.1) is 11.8 Å². The average Bonchev–Trinajstić information content (AvgIpc) is 2.61. The largest absolute Gasteiger partial charge is 0.480 e. The number of carbonyl (C=O) groups excluding carboxylic acids is 2. The molecule has 0 bridgehead atoms. The number of aliphatic carboxylic acids is 2. The lowest BCUT2D eigenvalue weighted by Gasteiger charge is -2.18. The molecule has 0 radical (unpaired) electrons. The van der Waals surface area contributed by atoms with Gasteiger partial charge in [-0.2, -0.15) is 0 Å². The van der Waals surface area contributed by atoms with Gasteiger partial charge < -0.3 is 26.6 Å². The summed E-state index contributed by atoms with van der Waals surface area (Å²) in [6.07, 6.45) is -0.233. The van der Waals surface area contributed by atoms with Crippen molar-refractivity contribution in [3.63, 3.8) is 0 Å². The highest BCUT2D eigenvalue weighted by Gasteiger charge is 2.22. The highest BCUT2D eigenvalue weighted by atomic mass is 32.2. The number of nitrogens with one attached hydrogen (secondary N) is 2. The second-order valence-corrected chi connectivity index (χ2v) is 6.43. The van der Waals surface area contributed by atoms with Crippen LogP contribution in [0.2, 0.25) is 0 Å². The molecule has 0 heterocycles. The molecular weight excluding hydrogens is 362 g/mol. The number of amides is 2. The van der Waals surface area contributed by atoms with Crippen LogP contribution in [-0.2, 0) is 19.2 Å². The zero-order valence-electron chi connectivity index (χ0n) is 13.9. The molecule has 1 aromatic carbocycles. The fourth-order valence-corrected chi connectivity index (χ4v) is 2.79. The van der Waals surface area contributed by atoms with E-state index in [4.69, 9.17) is 15.9 Å². The van der Waals surface area contributed by atoms with Crippen molar-refractivity contribution in [3.8, 4) is 0 Å². The van der Waals surface area contributed by atoms with E-state index in [1.165, 1.54) is 11.8 Å². The first-order valence-electron chi connectivity index (χ1n) is 7.74. The van der Waals surface area contributed by atoms with Crippen LogP contribution in [0.3, 0.4) is 0 Å². The molecule has 142 valence electrons. The van der Waals surface area contributed by atoms with E-state index in [-0.39, 0.29) is 18.6 Å². The lowest BCUT2D eigenvalue weighted by Crippen LogP contribution is -2.49. The number of carboxylic acid groups (broad SMARTS) is 2. The number of carbonyl (C=O) groups is 4. The van der Waals surface area contributed by atoms with Crippen molar-refractivity contribution in [1.82, 2.24) is 10.6 Å². The molecule has 0 aliphatic heterocycles. The fraction of sp³-hybridized carbons (Fsp3) is 0.375. The van der Waals surface area contributed by atoms with E-state index in [0.29, 0.717) is 0 Å². The molecule has 2 amide bonds. The fourth-order valence-electron chi connectivity index (χ4n) is 1.84. The van der Waals surface area contributed by atoms with E-state index in [1.54, 1.807) is 0 Å². The number of carboxylic acids is 2. The van der Waals surface area contributed by atoms with Crippen molar-refractivity contribution < 1.29 is 29.4 Å². The van der Waals surface area contributed by atoms with E-state index in [9.17, 15) is 19.2 Å². The highest BCUT2D eigenvalue weighted by molar-refractivity contribution is 7.99. The summed E-state index contributed by atoms with van der Waals surface area (Å²) in [5.41, 5.74) is 5.34. The summed E-state index contributed by atoms with van der Waals surface area (Å²) in [6, 6.07) is 7.04. The quantitative estimate of drug-likeness (QED) is 0.324. The molecular formula is C16H21N3O6S. The number of nitrogens with two attached hydrogens (primary N) is 1. The average molecular weight is 383 g/mol. The van der Waals surface area contributed by atoms with Gasteiger partial charge in [0.15, 0.2) is 0 Å². The summed E-state index contributed by atoms with van der Waals surface area (Å²) in [6.45, 7) is -0.564. The van der Waals surface area contributed by atoms with Crippen molar-refractivity contribution in [2.45, 2.75) is 29.8 Å². The maximum Gasteiger partial charge on any atom is 0.322 e. The Morgan fingerprint density at radius 1 is 1.12 bits per heavy atom. The van der Waals surface area contributed by atoms with Crippen LogP contribution < -0.4 is 16.4 Å². The SMILES string of the molecule is NC(CCC(=O)NC(CSc1ccccc1)C(=O)NCC(=O)O)C(=O)O. The van der Waals surface area contributed by atoms with Gasteiger partial charge in [0.1, 0.15) is 18.6 Å². The summed E-state index contributed by atoms with van der Waals surface area (Å²) in [5.74, 6) is -3.40. The second-order valence-electron chi connectivity index (χ2n) is 5.34. The molecule has 1 aromatic rings. The Hall–Kier alpha value is -2.59. The summed E-state index contributed by atoms with van der Waals surface area (Å²) < 4.78 is 0. The molecule has 10 heteroatoms. The number of rotatable bonds is 11. The zero-order valence-corrected chi connectivity index (χ0v) is 14.7. The minimum absolute atomic E-state index is 0.0730. The monoisotopic (exact) mass is 383 g/mol. The molecule has 2 unspecified atom stereocenters. The molecule has 26 heavy (non-hydrogen) atoms. The number of thioether (sulfide) groups is 1. The van der Waals surface area contributed by atoms with Gasteiger partial charge in [-0.1, -0.05) is 18.2 Å².